The molecule has 2 aromatic carbocycles. The van der Waals surface area contributed by atoms with Crippen LogP contribution in [0.2, 0.25) is 0 Å². The number of hydrogen-bond donors (Lipinski definition) is 2. The van der Waals surface area contributed by atoms with Crippen LogP contribution >= 0.6 is 0 Å². The average molecular weight is 399 g/mol. The van der Waals surface area contributed by atoms with E-state index >= 15 is 0 Å². The summed E-state index contributed by atoms with van der Waals surface area (Å²) in [6.45, 7) is 7.81. The summed E-state index contributed by atoms with van der Waals surface area (Å²) in [6.07, 6.45) is 3.66. The van der Waals surface area contributed by atoms with Gasteiger partial charge in [-0.15, -0.1) is 0 Å². The van der Waals surface area contributed by atoms with E-state index in [4.69, 9.17) is 0 Å². The quantitative estimate of drug-likeness (QED) is 0.518. The molecule has 30 heavy (non-hydrogen) atoms. The van der Waals surface area contributed by atoms with E-state index in [0.717, 1.165) is 66.3 Å². The third kappa shape index (κ3) is 3.74. The second kappa shape index (κ2) is 8.16. The van der Waals surface area contributed by atoms with Crippen LogP contribution in [0.5, 0.6) is 0 Å². The molecule has 1 aliphatic heterocycles. The lowest BCUT2D eigenvalue weighted by molar-refractivity contribution is 0.271. The molecule has 0 spiro atoms. The van der Waals surface area contributed by atoms with Crippen molar-refractivity contribution in [1.82, 2.24) is 20.1 Å². The number of fused-ring (bicyclic) bond motifs is 1. The predicted molar refractivity (Wildman–Crippen MR) is 123 cm³/mol. The lowest BCUT2D eigenvalue weighted by Gasteiger charge is -2.35. The molecule has 152 valence electrons. The summed E-state index contributed by atoms with van der Waals surface area (Å²) in [6, 6.07) is 19.0. The molecule has 0 bridgehead atoms. The van der Waals surface area contributed by atoms with Crippen molar-refractivity contribution in [2.45, 2.75) is 6.92 Å². The fourth-order valence-corrected chi connectivity index (χ4v) is 4.04. The van der Waals surface area contributed by atoms with E-state index in [1.807, 2.05) is 12.3 Å². The summed E-state index contributed by atoms with van der Waals surface area (Å²) in [5.41, 5.74) is 5.54. The number of aromatic nitrogens is 3. The highest BCUT2D eigenvalue weighted by Gasteiger charge is 2.15. The Balaban J connectivity index is 1.31. The number of benzene rings is 2. The second-order valence-corrected chi connectivity index (χ2v) is 7.67. The van der Waals surface area contributed by atoms with Crippen molar-refractivity contribution in [2.24, 2.45) is 0 Å². The first-order valence-corrected chi connectivity index (χ1v) is 10.5. The van der Waals surface area contributed by atoms with Crippen LogP contribution in [-0.2, 0) is 0 Å². The van der Waals surface area contributed by atoms with Gasteiger partial charge in [0.1, 0.15) is 0 Å². The van der Waals surface area contributed by atoms with Crippen molar-refractivity contribution < 1.29 is 0 Å². The average Bonchev–Trinajstić information content (AvgIpc) is 3.22. The molecule has 0 unspecified atom stereocenters. The van der Waals surface area contributed by atoms with Crippen LogP contribution in [-0.4, -0.2) is 52.8 Å². The maximum atomic E-state index is 4.49. The van der Waals surface area contributed by atoms with E-state index in [-0.39, 0.29) is 0 Å². The molecule has 2 aromatic heterocycles. The summed E-state index contributed by atoms with van der Waals surface area (Å²) < 4.78 is 0. The van der Waals surface area contributed by atoms with Crippen molar-refractivity contribution >= 4 is 28.1 Å². The van der Waals surface area contributed by atoms with E-state index < -0.39 is 0 Å². The molecular formula is C24H26N6. The zero-order valence-corrected chi connectivity index (χ0v) is 17.2. The molecule has 1 aliphatic rings. The molecule has 4 aromatic rings. The number of aromatic amines is 1. The standard InChI is InChI=1S/C24H26N6/c1-2-29-12-14-30(15-13-29)21-8-6-20(7-9-21)26-24-22-10-5-18(16-23(22)27-28-24)19-4-3-11-25-17-19/h3-11,16-17H,2,12-15H2,1H3,(H2,26,27,28). The van der Waals surface area contributed by atoms with Crippen molar-refractivity contribution in [2.75, 3.05) is 42.9 Å². The Labute approximate surface area is 176 Å². The SMILES string of the molecule is CCN1CCN(c2ccc(Nc3n[nH]c4cc(-c5cccnc5)ccc34)cc2)CC1. The lowest BCUT2D eigenvalue weighted by Crippen LogP contribution is -2.46. The van der Waals surface area contributed by atoms with Gasteiger partial charge in [-0.25, -0.2) is 0 Å². The third-order valence-corrected chi connectivity index (χ3v) is 5.87. The van der Waals surface area contributed by atoms with Gasteiger partial charge in [0, 0.05) is 60.9 Å². The third-order valence-electron chi connectivity index (χ3n) is 5.87. The Bertz CT molecular complexity index is 1110. The lowest BCUT2D eigenvalue weighted by atomic mass is 10.1. The smallest absolute Gasteiger partial charge is 0.160 e. The largest absolute Gasteiger partial charge is 0.369 e. The summed E-state index contributed by atoms with van der Waals surface area (Å²) in [5, 5.41) is 12.2. The molecule has 6 nitrogen and oxygen atoms in total. The van der Waals surface area contributed by atoms with Gasteiger partial charge in [-0.2, -0.15) is 5.10 Å². The molecule has 0 aliphatic carbocycles. The van der Waals surface area contributed by atoms with Gasteiger partial charge in [-0.1, -0.05) is 19.1 Å². The number of nitrogens with one attached hydrogen (secondary N) is 2. The van der Waals surface area contributed by atoms with Crippen molar-refractivity contribution in [3.8, 4) is 11.1 Å². The summed E-state index contributed by atoms with van der Waals surface area (Å²) in [5.74, 6) is 0.840. The highest BCUT2D eigenvalue weighted by molar-refractivity contribution is 5.94. The van der Waals surface area contributed by atoms with E-state index in [1.165, 1.54) is 5.69 Å². The molecule has 0 atom stereocenters. The highest BCUT2D eigenvalue weighted by Crippen LogP contribution is 2.29. The first-order valence-electron chi connectivity index (χ1n) is 10.5. The minimum Gasteiger partial charge on any atom is -0.369 e. The van der Waals surface area contributed by atoms with E-state index in [9.17, 15) is 0 Å². The molecule has 0 amide bonds. The van der Waals surface area contributed by atoms with Crippen LogP contribution in [0.3, 0.4) is 0 Å². The number of rotatable bonds is 5. The maximum absolute atomic E-state index is 4.49. The summed E-state index contributed by atoms with van der Waals surface area (Å²) in [4.78, 5) is 9.16. The highest BCUT2D eigenvalue weighted by atomic mass is 15.3. The summed E-state index contributed by atoms with van der Waals surface area (Å²) >= 11 is 0. The fraction of sp³-hybridized carbons (Fsp3) is 0.250. The number of piperazine rings is 1. The minimum atomic E-state index is 0.840. The van der Waals surface area contributed by atoms with Gasteiger partial charge in [0.05, 0.1) is 5.52 Å². The number of pyridine rings is 1. The summed E-state index contributed by atoms with van der Waals surface area (Å²) in [7, 11) is 0. The number of hydrogen-bond acceptors (Lipinski definition) is 5. The van der Waals surface area contributed by atoms with Crippen molar-refractivity contribution in [1.29, 1.82) is 0 Å². The van der Waals surface area contributed by atoms with Crippen LogP contribution in [0.4, 0.5) is 17.2 Å². The van der Waals surface area contributed by atoms with Crippen LogP contribution in [0.25, 0.3) is 22.0 Å². The van der Waals surface area contributed by atoms with Gasteiger partial charge in [-0.05, 0) is 54.6 Å². The van der Waals surface area contributed by atoms with Gasteiger partial charge >= 0.3 is 0 Å². The molecule has 3 heterocycles. The van der Waals surface area contributed by atoms with Gasteiger partial charge < -0.3 is 15.1 Å². The van der Waals surface area contributed by atoms with Crippen molar-refractivity contribution in [3.05, 3.63) is 67.0 Å². The Morgan fingerprint density at radius 2 is 1.80 bits per heavy atom. The second-order valence-electron chi connectivity index (χ2n) is 7.67. The normalized spacial score (nSPS) is 14.9. The van der Waals surface area contributed by atoms with Gasteiger partial charge in [0.25, 0.3) is 0 Å². The van der Waals surface area contributed by atoms with Crippen LogP contribution < -0.4 is 10.2 Å². The predicted octanol–water partition coefficient (Wildman–Crippen LogP) is 4.51. The first kappa shape index (κ1) is 18.6. The molecule has 1 fully saturated rings. The maximum Gasteiger partial charge on any atom is 0.160 e. The Hall–Kier alpha value is -3.38. The molecular weight excluding hydrogens is 372 g/mol. The number of anilines is 3. The molecule has 5 rings (SSSR count). The van der Waals surface area contributed by atoms with Crippen molar-refractivity contribution in [3.63, 3.8) is 0 Å². The Kier molecular flexibility index (Phi) is 5.07. The van der Waals surface area contributed by atoms with Gasteiger partial charge in [0.15, 0.2) is 5.82 Å². The number of likely N-dealkylation sites (N-methyl/N-ethyl adjacent to an activating group) is 1. The Morgan fingerprint density at radius 1 is 0.967 bits per heavy atom. The van der Waals surface area contributed by atoms with E-state index in [2.05, 4.69) is 85.8 Å². The first-order chi connectivity index (χ1) is 14.8. The zero-order valence-electron chi connectivity index (χ0n) is 17.2. The molecule has 1 saturated heterocycles. The fourth-order valence-electron chi connectivity index (χ4n) is 4.04. The van der Waals surface area contributed by atoms with Crippen LogP contribution in [0.1, 0.15) is 6.92 Å². The monoisotopic (exact) mass is 398 g/mol. The molecule has 0 radical (unpaired) electrons. The number of nitrogens with zero attached hydrogens (tertiary/aromatic N) is 4. The van der Waals surface area contributed by atoms with Gasteiger partial charge in [0.2, 0.25) is 0 Å². The van der Waals surface area contributed by atoms with Crippen LogP contribution in [0, 0.1) is 0 Å². The molecule has 2 N–H and O–H groups in total. The Morgan fingerprint density at radius 3 is 2.53 bits per heavy atom. The zero-order chi connectivity index (χ0) is 20.3. The molecule has 0 saturated carbocycles. The number of H-pyrrole nitrogens is 1. The van der Waals surface area contributed by atoms with Crippen LogP contribution in [0.15, 0.2) is 67.0 Å². The topological polar surface area (TPSA) is 60.1 Å². The van der Waals surface area contributed by atoms with Gasteiger partial charge in [-0.3, -0.25) is 10.1 Å². The molecule has 6 heteroatoms. The minimum absolute atomic E-state index is 0.840. The van der Waals surface area contributed by atoms with E-state index in [0.29, 0.717) is 0 Å². The van der Waals surface area contributed by atoms with E-state index in [1.54, 1.807) is 6.20 Å².